The maximum Gasteiger partial charge on any atom is 0.123 e. The molecule has 0 aromatic heterocycles. The number of hydrogen-bond acceptors (Lipinski definition) is 2. The molecule has 0 aliphatic rings. The second kappa shape index (κ2) is 7.12. The summed E-state index contributed by atoms with van der Waals surface area (Å²) in [6, 6.07) is 9.89. The number of nitrogens with one attached hydrogen (secondary N) is 1. The fourth-order valence-electron chi connectivity index (χ4n) is 2.07. The standard InChI is InChI=1S/C16H16Cl2FNO/c1-10(13-8-12(19)4-6-16(13)21-2)20-9-11-3-5-14(17)15(18)7-11/h3-8,10,20H,9H2,1-2H3. The minimum absolute atomic E-state index is 0.0647. The van der Waals surface area contributed by atoms with Crippen LogP contribution in [-0.4, -0.2) is 7.11 Å². The molecule has 0 saturated heterocycles. The van der Waals surface area contributed by atoms with Gasteiger partial charge in [0.1, 0.15) is 11.6 Å². The van der Waals surface area contributed by atoms with Gasteiger partial charge in [0, 0.05) is 18.2 Å². The van der Waals surface area contributed by atoms with Crippen molar-refractivity contribution in [1.82, 2.24) is 5.32 Å². The fourth-order valence-corrected chi connectivity index (χ4v) is 2.39. The van der Waals surface area contributed by atoms with Crippen LogP contribution in [0.1, 0.15) is 24.1 Å². The first-order chi connectivity index (χ1) is 10.0. The van der Waals surface area contributed by atoms with Crippen molar-refractivity contribution in [1.29, 1.82) is 0 Å². The average molecular weight is 328 g/mol. The van der Waals surface area contributed by atoms with Gasteiger partial charge in [0.05, 0.1) is 17.2 Å². The largest absolute Gasteiger partial charge is 0.496 e. The zero-order valence-electron chi connectivity index (χ0n) is 11.8. The summed E-state index contributed by atoms with van der Waals surface area (Å²) in [5.74, 6) is 0.375. The van der Waals surface area contributed by atoms with Crippen molar-refractivity contribution >= 4 is 23.2 Å². The van der Waals surface area contributed by atoms with Crippen LogP contribution < -0.4 is 10.1 Å². The SMILES string of the molecule is COc1ccc(F)cc1C(C)NCc1ccc(Cl)c(Cl)c1. The van der Waals surface area contributed by atoms with E-state index in [-0.39, 0.29) is 11.9 Å². The summed E-state index contributed by atoms with van der Waals surface area (Å²) in [5, 5.41) is 4.36. The van der Waals surface area contributed by atoms with Crippen LogP contribution in [0.4, 0.5) is 4.39 Å². The van der Waals surface area contributed by atoms with Crippen LogP contribution in [-0.2, 0) is 6.54 Å². The normalized spacial score (nSPS) is 12.2. The molecular formula is C16H16Cl2FNO. The smallest absolute Gasteiger partial charge is 0.123 e. The summed E-state index contributed by atoms with van der Waals surface area (Å²) in [5.41, 5.74) is 1.78. The maximum absolute atomic E-state index is 13.4. The third kappa shape index (κ3) is 4.10. The van der Waals surface area contributed by atoms with Gasteiger partial charge in [-0.1, -0.05) is 29.3 Å². The predicted molar refractivity (Wildman–Crippen MR) is 84.7 cm³/mol. The van der Waals surface area contributed by atoms with Crippen molar-refractivity contribution in [2.24, 2.45) is 0 Å². The van der Waals surface area contributed by atoms with Gasteiger partial charge in [-0.3, -0.25) is 0 Å². The van der Waals surface area contributed by atoms with Crippen LogP contribution in [0.3, 0.4) is 0 Å². The van der Waals surface area contributed by atoms with Gasteiger partial charge in [0.25, 0.3) is 0 Å². The van der Waals surface area contributed by atoms with Gasteiger partial charge < -0.3 is 10.1 Å². The van der Waals surface area contributed by atoms with Gasteiger partial charge in [-0.2, -0.15) is 0 Å². The number of benzene rings is 2. The highest BCUT2D eigenvalue weighted by atomic mass is 35.5. The second-order valence-corrected chi connectivity index (χ2v) is 5.55. The Labute approximate surface area is 133 Å². The lowest BCUT2D eigenvalue weighted by Crippen LogP contribution is -2.19. The second-order valence-electron chi connectivity index (χ2n) is 4.74. The van der Waals surface area contributed by atoms with E-state index in [1.54, 1.807) is 19.2 Å². The third-order valence-corrected chi connectivity index (χ3v) is 3.99. The molecule has 0 fully saturated rings. The quantitative estimate of drug-likeness (QED) is 0.835. The monoisotopic (exact) mass is 327 g/mol. The molecule has 21 heavy (non-hydrogen) atoms. The first-order valence-corrected chi connectivity index (χ1v) is 7.27. The zero-order valence-corrected chi connectivity index (χ0v) is 13.3. The van der Waals surface area contributed by atoms with E-state index in [0.29, 0.717) is 22.3 Å². The molecular weight excluding hydrogens is 312 g/mol. The van der Waals surface area contributed by atoms with E-state index >= 15 is 0 Å². The molecule has 0 radical (unpaired) electrons. The van der Waals surface area contributed by atoms with Crippen molar-refractivity contribution in [3.8, 4) is 5.75 Å². The van der Waals surface area contributed by atoms with E-state index in [2.05, 4.69) is 5.32 Å². The molecule has 1 unspecified atom stereocenters. The van der Waals surface area contributed by atoms with Crippen LogP contribution in [0.2, 0.25) is 10.0 Å². The maximum atomic E-state index is 13.4. The summed E-state index contributed by atoms with van der Waals surface area (Å²) < 4.78 is 18.7. The third-order valence-electron chi connectivity index (χ3n) is 3.25. The molecule has 1 N–H and O–H groups in total. The number of ether oxygens (including phenoxy) is 1. The minimum atomic E-state index is -0.283. The number of methoxy groups -OCH3 is 1. The van der Waals surface area contributed by atoms with Gasteiger partial charge in [-0.25, -0.2) is 4.39 Å². The molecule has 0 saturated carbocycles. The summed E-state index contributed by atoms with van der Waals surface area (Å²) in [4.78, 5) is 0. The number of hydrogen-bond donors (Lipinski definition) is 1. The molecule has 0 aliphatic heterocycles. The Morgan fingerprint density at radius 1 is 1.14 bits per heavy atom. The number of halogens is 3. The molecule has 112 valence electrons. The first-order valence-electron chi connectivity index (χ1n) is 6.52. The van der Waals surface area contributed by atoms with Gasteiger partial charge in [0.2, 0.25) is 0 Å². The van der Waals surface area contributed by atoms with Crippen LogP contribution in [0, 0.1) is 5.82 Å². The molecule has 0 heterocycles. The van der Waals surface area contributed by atoms with E-state index in [1.807, 2.05) is 19.1 Å². The van der Waals surface area contributed by atoms with Crippen molar-refractivity contribution < 1.29 is 9.13 Å². The highest BCUT2D eigenvalue weighted by Gasteiger charge is 2.12. The lowest BCUT2D eigenvalue weighted by Gasteiger charge is -2.17. The topological polar surface area (TPSA) is 21.3 Å². The zero-order chi connectivity index (χ0) is 15.4. The van der Waals surface area contributed by atoms with E-state index in [9.17, 15) is 4.39 Å². The molecule has 2 nitrogen and oxygen atoms in total. The fraction of sp³-hybridized carbons (Fsp3) is 0.250. The molecule has 2 aromatic carbocycles. The highest BCUT2D eigenvalue weighted by molar-refractivity contribution is 6.42. The first kappa shape index (κ1) is 16.1. The lowest BCUT2D eigenvalue weighted by atomic mass is 10.1. The highest BCUT2D eigenvalue weighted by Crippen LogP contribution is 2.27. The molecule has 0 amide bonds. The molecule has 2 aromatic rings. The van der Waals surface area contributed by atoms with E-state index in [0.717, 1.165) is 11.1 Å². The van der Waals surface area contributed by atoms with Crippen molar-refractivity contribution in [2.45, 2.75) is 19.5 Å². The van der Waals surface area contributed by atoms with Gasteiger partial charge in [0.15, 0.2) is 0 Å². The van der Waals surface area contributed by atoms with E-state index < -0.39 is 0 Å². The van der Waals surface area contributed by atoms with E-state index in [1.165, 1.54) is 12.1 Å². The molecule has 2 rings (SSSR count). The van der Waals surface area contributed by atoms with Gasteiger partial charge in [-0.05, 0) is 42.8 Å². The van der Waals surface area contributed by atoms with Crippen molar-refractivity contribution in [3.05, 3.63) is 63.4 Å². The van der Waals surface area contributed by atoms with E-state index in [4.69, 9.17) is 27.9 Å². The van der Waals surface area contributed by atoms with Gasteiger partial charge in [-0.15, -0.1) is 0 Å². The van der Waals surface area contributed by atoms with Crippen LogP contribution in [0.15, 0.2) is 36.4 Å². The molecule has 5 heteroatoms. The van der Waals surface area contributed by atoms with Crippen molar-refractivity contribution in [3.63, 3.8) is 0 Å². The molecule has 0 spiro atoms. The molecule has 1 atom stereocenters. The van der Waals surface area contributed by atoms with Crippen LogP contribution in [0.25, 0.3) is 0 Å². The van der Waals surface area contributed by atoms with Crippen molar-refractivity contribution in [2.75, 3.05) is 7.11 Å². The summed E-state index contributed by atoms with van der Waals surface area (Å²) in [6.07, 6.45) is 0. The summed E-state index contributed by atoms with van der Waals surface area (Å²) in [7, 11) is 1.57. The van der Waals surface area contributed by atoms with Crippen LogP contribution >= 0.6 is 23.2 Å². The average Bonchev–Trinajstić information content (AvgIpc) is 2.48. The Morgan fingerprint density at radius 2 is 1.90 bits per heavy atom. The number of rotatable bonds is 5. The molecule has 0 bridgehead atoms. The Balaban J connectivity index is 2.09. The Kier molecular flexibility index (Phi) is 5.45. The van der Waals surface area contributed by atoms with Crippen LogP contribution in [0.5, 0.6) is 5.75 Å². The predicted octanol–water partition coefficient (Wildman–Crippen LogP) is 4.99. The summed E-state index contributed by atoms with van der Waals surface area (Å²) in [6.45, 7) is 2.55. The molecule has 0 aliphatic carbocycles. The Bertz CT molecular complexity index is 634. The summed E-state index contributed by atoms with van der Waals surface area (Å²) >= 11 is 11.9. The minimum Gasteiger partial charge on any atom is -0.496 e. The van der Waals surface area contributed by atoms with Gasteiger partial charge >= 0.3 is 0 Å². The Hall–Kier alpha value is -1.29. The Morgan fingerprint density at radius 3 is 2.57 bits per heavy atom. The lowest BCUT2D eigenvalue weighted by molar-refractivity contribution is 0.399.